The first-order valence-corrected chi connectivity index (χ1v) is 8.23. The highest BCUT2D eigenvalue weighted by Crippen LogP contribution is 2.14. The quantitative estimate of drug-likeness (QED) is 0.830. The maximum absolute atomic E-state index is 12.4. The third kappa shape index (κ3) is 4.09. The molecule has 25 heavy (non-hydrogen) atoms. The van der Waals surface area contributed by atoms with Gasteiger partial charge in [-0.3, -0.25) is 9.59 Å². The van der Waals surface area contributed by atoms with Gasteiger partial charge in [0.15, 0.2) is 0 Å². The molecule has 3 rings (SSSR count). The molecule has 0 radical (unpaired) electrons. The van der Waals surface area contributed by atoms with Crippen LogP contribution in [0.3, 0.4) is 0 Å². The molecular weight excluding hydrogens is 318 g/mol. The number of amides is 2. The lowest BCUT2D eigenvalue weighted by atomic mass is 10.1. The Bertz CT molecular complexity index is 748. The van der Waals surface area contributed by atoms with Gasteiger partial charge in [0.2, 0.25) is 5.91 Å². The zero-order valence-electron chi connectivity index (χ0n) is 13.9. The lowest BCUT2D eigenvalue weighted by Crippen LogP contribution is -2.51. The van der Waals surface area contributed by atoms with Gasteiger partial charge in [0.05, 0.1) is 6.42 Å². The molecule has 2 aromatic carbocycles. The van der Waals surface area contributed by atoms with Gasteiger partial charge < -0.3 is 20.6 Å². The summed E-state index contributed by atoms with van der Waals surface area (Å²) in [6, 6.07) is 13.5. The number of hydrogen-bond acceptors (Lipinski definition) is 4. The Hall–Kier alpha value is -3.02. The van der Waals surface area contributed by atoms with Crippen LogP contribution in [0.2, 0.25) is 0 Å². The Morgan fingerprint density at radius 1 is 0.880 bits per heavy atom. The normalized spacial score (nSPS) is 14.4. The van der Waals surface area contributed by atoms with E-state index in [9.17, 15) is 14.7 Å². The molecule has 0 aromatic heterocycles. The number of nitrogens with two attached hydrogens (primary N) is 1. The van der Waals surface area contributed by atoms with Crippen molar-refractivity contribution in [3.63, 3.8) is 0 Å². The van der Waals surface area contributed by atoms with E-state index in [2.05, 4.69) is 0 Å². The number of nitrogen functional groups attached to an aromatic ring is 1. The molecule has 2 aromatic rings. The van der Waals surface area contributed by atoms with E-state index in [4.69, 9.17) is 5.73 Å². The summed E-state index contributed by atoms with van der Waals surface area (Å²) in [5.74, 6) is 0.113. The number of carbonyl (C=O) groups is 2. The zero-order valence-corrected chi connectivity index (χ0v) is 13.9. The van der Waals surface area contributed by atoms with E-state index in [0.29, 0.717) is 43.9 Å². The van der Waals surface area contributed by atoms with Crippen molar-refractivity contribution < 1.29 is 14.7 Å². The van der Waals surface area contributed by atoms with Gasteiger partial charge in [-0.2, -0.15) is 0 Å². The highest BCUT2D eigenvalue weighted by atomic mass is 16.3. The Kier molecular flexibility index (Phi) is 4.88. The third-order valence-electron chi connectivity index (χ3n) is 4.37. The van der Waals surface area contributed by atoms with Crippen LogP contribution in [0.5, 0.6) is 5.75 Å². The molecule has 2 amide bonds. The molecule has 0 atom stereocenters. The summed E-state index contributed by atoms with van der Waals surface area (Å²) in [4.78, 5) is 28.4. The SMILES string of the molecule is Nc1ccc(CC(=O)N2CCN(C(=O)c3ccc(O)cc3)CC2)cc1. The molecular formula is C19H21N3O3. The number of phenolic OH excluding ortho intramolecular Hbond substituents is 1. The molecule has 1 heterocycles. The van der Waals surface area contributed by atoms with Gasteiger partial charge in [-0.1, -0.05) is 12.1 Å². The maximum Gasteiger partial charge on any atom is 0.253 e. The highest BCUT2D eigenvalue weighted by molar-refractivity contribution is 5.94. The first kappa shape index (κ1) is 16.8. The molecule has 6 heteroatoms. The van der Waals surface area contributed by atoms with Gasteiger partial charge in [0, 0.05) is 37.4 Å². The molecule has 1 fully saturated rings. The topological polar surface area (TPSA) is 86.9 Å². The number of carbonyl (C=O) groups excluding carboxylic acids is 2. The molecule has 1 saturated heterocycles. The summed E-state index contributed by atoms with van der Waals surface area (Å²) in [7, 11) is 0. The second-order valence-electron chi connectivity index (χ2n) is 6.14. The molecule has 3 N–H and O–H groups in total. The van der Waals surface area contributed by atoms with Crippen LogP contribution in [0.25, 0.3) is 0 Å². The van der Waals surface area contributed by atoms with E-state index in [-0.39, 0.29) is 17.6 Å². The molecule has 130 valence electrons. The fraction of sp³-hybridized carbons (Fsp3) is 0.263. The lowest BCUT2D eigenvalue weighted by Gasteiger charge is -2.35. The minimum absolute atomic E-state index is 0.0569. The second-order valence-corrected chi connectivity index (χ2v) is 6.14. The van der Waals surface area contributed by atoms with Crippen molar-refractivity contribution in [2.45, 2.75) is 6.42 Å². The monoisotopic (exact) mass is 339 g/mol. The van der Waals surface area contributed by atoms with Crippen LogP contribution < -0.4 is 5.73 Å². The first-order valence-electron chi connectivity index (χ1n) is 8.23. The van der Waals surface area contributed by atoms with E-state index in [1.165, 1.54) is 12.1 Å². The third-order valence-corrected chi connectivity index (χ3v) is 4.37. The fourth-order valence-corrected chi connectivity index (χ4v) is 2.87. The molecule has 1 aliphatic rings. The summed E-state index contributed by atoms with van der Waals surface area (Å²) < 4.78 is 0. The van der Waals surface area contributed by atoms with Gasteiger partial charge in [0.25, 0.3) is 5.91 Å². The average molecular weight is 339 g/mol. The van der Waals surface area contributed by atoms with Crippen molar-refractivity contribution in [2.24, 2.45) is 0 Å². The molecule has 6 nitrogen and oxygen atoms in total. The summed E-state index contributed by atoms with van der Waals surface area (Å²) in [6.07, 6.45) is 0.339. The van der Waals surface area contributed by atoms with Crippen molar-refractivity contribution in [3.8, 4) is 5.75 Å². The summed E-state index contributed by atoms with van der Waals surface area (Å²) >= 11 is 0. The predicted molar refractivity (Wildman–Crippen MR) is 95.1 cm³/mol. The van der Waals surface area contributed by atoms with Gasteiger partial charge >= 0.3 is 0 Å². The van der Waals surface area contributed by atoms with Crippen LogP contribution in [0.4, 0.5) is 5.69 Å². The van der Waals surface area contributed by atoms with Crippen molar-refractivity contribution in [1.29, 1.82) is 0 Å². The lowest BCUT2D eigenvalue weighted by molar-refractivity contribution is -0.131. The zero-order chi connectivity index (χ0) is 17.8. The van der Waals surface area contributed by atoms with Crippen LogP contribution in [0.15, 0.2) is 48.5 Å². The van der Waals surface area contributed by atoms with Gasteiger partial charge in [-0.25, -0.2) is 0 Å². The van der Waals surface area contributed by atoms with Crippen LogP contribution in [0, 0.1) is 0 Å². The number of aromatic hydroxyl groups is 1. The highest BCUT2D eigenvalue weighted by Gasteiger charge is 2.24. The second kappa shape index (κ2) is 7.25. The number of rotatable bonds is 3. The smallest absolute Gasteiger partial charge is 0.253 e. The van der Waals surface area contributed by atoms with Crippen LogP contribution >= 0.6 is 0 Å². The number of phenols is 1. The minimum atomic E-state index is -0.0781. The number of piperazine rings is 1. The van der Waals surface area contributed by atoms with Gasteiger partial charge in [-0.05, 0) is 42.0 Å². The van der Waals surface area contributed by atoms with E-state index >= 15 is 0 Å². The van der Waals surface area contributed by atoms with Crippen molar-refractivity contribution in [2.75, 3.05) is 31.9 Å². The van der Waals surface area contributed by atoms with E-state index in [0.717, 1.165) is 5.56 Å². The first-order chi connectivity index (χ1) is 12.0. The summed E-state index contributed by atoms with van der Waals surface area (Å²) in [6.45, 7) is 2.07. The standard InChI is InChI=1S/C19H21N3O3/c20-16-5-1-14(2-6-16)13-18(24)21-9-11-22(12-10-21)19(25)15-3-7-17(23)8-4-15/h1-8,23H,9-13,20H2. The van der Waals surface area contributed by atoms with Crippen molar-refractivity contribution in [3.05, 3.63) is 59.7 Å². The summed E-state index contributed by atoms with van der Waals surface area (Å²) in [5, 5.41) is 9.30. The minimum Gasteiger partial charge on any atom is -0.508 e. The molecule has 0 bridgehead atoms. The van der Waals surface area contributed by atoms with E-state index < -0.39 is 0 Å². The Labute approximate surface area is 146 Å². The van der Waals surface area contributed by atoms with Gasteiger partial charge in [-0.15, -0.1) is 0 Å². The largest absolute Gasteiger partial charge is 0.508 e. The van der Waals surface area contributed by atoms with Crippen molar-refractivity contribution >= 4 is 17.5 Å². The molecule has 0 saturated carbocycles. The van der Waals surface area contributed by atoms with Crippen LogP contribution in [-0.2, 0) is 11.2 Å². The number of benzene rings is 2. The molecule has 0 aliphatic carbocycles. The van der Waals surface area contributed by atoms with E-state index in [1.807, 2.05) is 12.1 Å². The van der Waals surface area contributed by atoms with Crippen LogP contribution in [0.1, 0.15) is 15.9 Å². The maximum atomic E-state index is 12.4. The Balaban J connectivity index is 1.54. The number of nitrogens with zero attached hydrogens (tertiary/aromatic N) is 2. The average Bonchev–Trinajstić information content (AvgIpc) is 2.64. The van der Waals surface area contributed by atoms with Crippen molar-refractivity contribution in [1.82, 2.24) is 9.80 Å². The molecule has 0 spiro atoms. The molecule has 0 unspecified atom stereocenters. The van der Waals surface area contributed by atoms with Gasteiger partial charge in [0.1, 0.15) is 5.75 Å². The van der Waals surface area contributed by atoms with E-state index in [1.54, 1.807) is 34.1 Å². The Morgan fingerprint density at radius 2 is 1.44 bits per heavy atom. The number of anilines is 1. The number of hydrogen-bond donors (Lipinski definition) is 2. The Morgan fingerprint density at radius 3 is 2.04 bits per heavy atom. The van der Waals surface area contributed by atoms with Crippen LogP contribution in [-0.4, -0.2) is 52.9 Å². The molecule has 1 aliphatic heterocycles. The summed E-state index contributed by atoms with van der Waals surface area (Å²) in [5.41, 5.74) is 7.81. The fourth-order valence-electron chi connectivity index (χ4n) is 2.87. The predicted octanol–water partition coefficient (Wildman–Crippen LogP) is 1.50.